The molecule has 29 heavy (non-hydrogen) atoms. The minimum Gasteiger partial charge on any atom is -0.319 e. The van der Waals surface area contributed by atoms with Crippen LogP contribution in [0.1, 0.15) is 10.4 Å². The lowest BCUT2D eigenvalue weighted by molar-refractivity contribution is 0.102. The number of aryl methyl sites for hydroxylation is 1. The topological polar surface area (TPSA) is 68.9 Å². The average molecular weight is 398 g/mol. The molecule has 9 heteroatoms. The van der Waals surface area contributed by atoms with Crippen molar-refractivity contribution in [2.24, 2.45) is 7.05 Å². The molecule has 4 rings (SSSR count). The van der Waals surface area contributed by atoms with Gasteiger partial charge in [-0.3, -0.25) is 18.8 Å². The Labute approximate surface area is 161 Å². The second-order valence-electron chi connectivity index (χ2n) is 6.34. The predicted molar refractivity (Wildman–Crippen MR) is 101 cm³/mol. The zero-order valence-electron chi connectivity index (χ0n) is 15.0. The van der Waals surface area contributed by atoms with E-state index in [0.29, 0.717) is 23.2 Å². The fourth-order valence-electron chi connectivity index (χ4n) is 3.03. The summed E-state index contributed by atoms with van der Waals surface area (Å²) in [6.07, 6.45) is 4.20. The molecule has 6 nitrogen and oxygen atoms in total. The normalized spacial score (nSPS) is 11.0. The highest BCUT2D eigenvalue weighted by atomic mass is 19.2. The van der Waals surface area contributed by atoms with E-state index in [9.17, 15) is 22.8 Å². The molecule has 2 aromatic heterocycles. The van der Waals surface area contributed by atoms with Crippen molar-refractivity contribution in [1.29, 1.82) is 0 Å². The molecule has 0 aliphatic heterocycles. The molecule has 0 aliphatic carbocycles. The summed E-state index contributed by atoms with van der Waals surface area (Å²) in [6, 6.07) is 7.72. The maximum Gasteiger partial charge on any atom is 0.262 e. The molecule has 0 saturated heterocycles. The lowest BCUT2D eigenvalue weighted by Gasteiger charge is -2.13. The van der Waals surface area contributed by atoms with Crippen molar-refractivity contribution in [3.63, 3.8) is 0 Å². The van der Waals surface area contributed by atoms with Gasteiger partial charge in [-0.2, -0.15) is 5.10 Å². The van der Waals surface area contributed by atoms with E-state index in [4.69, 9.17) is 0 Å². The Morgan fingerprint density at radius 2 is 1.69 bits per heavy atom. The Bertz CT molecular complexity index is 1300. The number of anilines is 1. The van der Waals surface area contributed by atoms with Gasteiger partial charge in [0, 0.05) is 42.3 Å². The number of halogens is 3. The maximum absolute atomic E-state index is 13.7. The van der Waals surface area contributed by atoms with Crippen molar-refractivity contribution in [1.82, 2.24) is 14.3 Å². The summed E-state index contributed by atoms with van der Waals surface area (Å²) < 4.78 is 43.1. The summed E-state index contributed by atoms with van der Waals surface area (Å²) in [7, 11) is 1.68. The smallest absolute Gasteiger partial charge is 0.262 e. The van der Waals surface area contributed by atoms with Crippen LogP contribution in [0, 0.1) is 17.5 Å². The molecule has 2 aromatic carbocycles. The van der Waals surface area contributed by atoms with E-state index in [0.717, 1.165) is 4.57 Å². The zero-order chi connectivity index (χ0) is 20.7. The molecule has 0 radical (unpaired) electrons. The van der Waals surface area contributed by atoms with Gasteiger partial charge in [-0.05, 0) is 6.07 Å². The van der Waals surface area contributed by atoms with Crippen LogP contribution in [0.25, 0.3) is 16.5 Å². The lowest BCUT2D eigenvalue weighted by Crippen LogP contribution is -2.23. The minimum absolute atomic E-state index is 0.0918. The summed E-state index contributed by atoms with van der Waals surface area (Å²) in [5.41, 5.74) is -0.330. The SMILES string of the molecule is Cn1cc(NC(=O)c2cn(-c3cc(F)c(F)c(F)c3)c(=O)c3ccccc23)cn1. The Balaban J connectivity index is 1.92. The summed E-state index contributed by atoms with van der Waals surface area (Å²) in [4.78, 5) is 25.7. The van der Waals surface area contributed by atoms with Gasteiger partial charge in [0.25, 0.3) is 11.5 Å². The van der Waals surface area contributed by atoms with Gasteiger partial charge in [0.05, 0.1) is 23.1 Å². The monoisotopic (exact) mass is 398 g/mol. The summed E-state index contributed by atoms with van der Waals surface area (Å²) in [6.45, 7) is 0. The molecule has 0 unspecified atom stereocenters. The number of carbonyl (C=O) groups excluding carboxylic acids is 1. The largest absolute Gasteiger partial charge is 0.319 e. The number of carbonyl (C=O) groups is 1. The molecule has 146 valence electrons. The highest BCUT2D eigenvalue weighted by molar-refractivity contribution is 6.12. The van der Waals surface area contributed by atoms with Crippen LogP contribution in [-0.2, 0) is 7.05 Å². The van der Waals surface area contributed by atoms with E-state index >= 15 is 0 Å². The van der Waals surface area contributed by atoms with E-state index in [2.05, 4.69) is 10.4 Å². The van der Waals surface area contributed by atoms with Crippen LogP contribution in [0.3, 0.4) is 0 Å². The third-order valence-electron chi connectivity index (χ3n) is 4.38. The molecule has 0 atom stereocenters. The predicted octanol–water partition coefficient (Wildman–Crippen LogP) is 3.39. The van der Waals surface area contributed by atoms with Gasteiger partial charge < -0.3 is 5.32 Å². The number of nitrogens with one attached hydrogen (secondary N) is 1. The third-order valence-corrected chi connectivity index (χ3v) is 4.38. The fourth-order valence-corrected chi connectivity index (χ4v) is 3.03. The number of hydrogen-bond acceptors (Lipinski definition) is 3. The molecule has 1 N–H and O–H groups in total. The first kappa shape index (κ1) is 18.5. The van der Waals surface area contributed by atoms with Crippen molar-refractivity contribution in [3.8, 4) is 5.69 Å². The van der Waals surface area contributed by atoms with Crippen LogP contribution in [0.5, 0.6) is 0 Å². The van der Waals surface area contributed by atoms with Crippen LogP contribution in [-0.4, -0.2) is 20.3 Å². The van der Waals surface area contributed by atoms with Gasteiger partial charge in [-0.15, -0.1) is 0 Å². The van der Waals surface area contributed by atoms with Gasteiger partial charge in [-0.25, -0.2) is 13.2 Å². The molecule has 0 fully saturated rings. The summed E-state index contributed by atoms with van der Waals surface area (Å²) in [5, 5.41) is 7.14. The first-order chi connectivity index (χ1) is 13.8. The molecular formula is C20H13F3N4O2. The Morgan fingerprint density at radius 1 is 1.03 bits per heavy atom. The van der Waals surface area contributed by atoms with E-state index in [1.54, 1.807) is 31.4 Å². The number of rotatable bonds is 3. The Kier molecular flexibility index (Phi) is 4.42. The molecule has 0 spiro atoms. The van der Waals surface area contributed by atoms with E-state index in [-0.39, 0.29) is 16.6 Å². The minimum atomic E-state index is -1.64. The van der Waals surface area contributed by atoms with Gasteiger partial charge in [0.15, 0.2) is 17.5 Å². The van der Waals surface area contributed by atoms with Crippen LogP contribution in [0.2, 0.25) is 0 Å². The number of benzene rings is 2. The van der Waals surface area contributed by atoms with Crippen molar-refractivity contribution in [3.05, 3.63) is 88.4 Å². The van der Waals surface area contributed by atoms with Gasteiger partial charge in [-0.1, -0.05) is 18.2 Å². The second-order valence-corrected chi connectivity index (χ2v) is 6.34. The fraction of sp³-hybridized carbons (Fsp3) is 0.0500. The second kappa shape index (κ2) is 6.93. The zero-order valence-corrected chi connectivity index (χ0v) is 15.0. The lowest BCUT2D eigenvalue weighted by atomic mass is 10.1. The van der Waals surface area contributed by atoms with Gasteiger partial charge >= 0.3 is 0 Å². The first-order valence-corrected chi connectivity index (χ1v) is 8.44. The number of hydrogen-bond donors (Lipinski definition) is 1. The van der Waals surface area contributed by atoms with E-state index < -0.39 is 28.9 Å². The number of aromatic nitrogens is 3. The Morgan fingerprint density at radius 3 is 2.31 bits per heavy atom. The van der Waals surface area contributed by atoms with Crippen molar-refractivity contribution in [2.45, 2.75) is 0 Å². The average Bonchev–Trinajstić information content (AvgIpc) is 3.10. The number of nitrogens with zero attached hydrogens (tertiary/aromatic N) is 3. The maximum atomic E-state index is 13.7. The summed E-state index contributed by atoms with van der Waals surface area (Å²) >= 11 is 0. The van der Waals surface area contributed by atoms with Gasteiger partial charge in [0.2, 0.25) is 0 Å². The van der Waals surface area contributed by atoms with E-state index in [1.165, 1.54) is 23.1 Å². The molecular weight excluding hydrogens is 385 g/mol. The number of amides is 1. The number of pyridine rings is 1. The summed E-state index contributed by atoms with van der Waals surface area (Å²) in [5.74, 6) is -5.08. The molecule has 0 saturated carbocycles. The third kappa shape index (κ3) is 3.27. The van der Waals surface area contributed by atoms with Crippen LogP contribution in [0.4, 0.5) is 18.9 Å². The quantitative estimate of drug-likeness (QED) is 0.538. The number of fused-ring (bicyclic) bond motifs is 1. The molecule has 0 aliphatic rings. The Hall–Kier alpha value is -3.88. The van der Waals surface area contributed by atoms with E-state index in [1.807, 2.05) is 0 Å². The molecule has 1 amide bonds. The highest BCUT2D eigenvalue weighted by Crippen LogP contribution is 2.21. The van der Waals surface area contributed by atoms with Crippen molar-refractivity contribution < 1.29 is 18.0 Å². The first-order valence-electron chi connectivity index (χ1n) is 8.44. The standard InChI is InChI=1S/C20H13F3N4O2/c1-26-9-11(8-24-26)25-19(28)15-10-27(12-6-16(21)18(23)17(22)7-12)20(29)14-5-3-2-4-13(14)15/h2-10H,1H3,(H,25,28). The molecule has 4 aromatic rings. The van der Waals surface area contributed by atoms with Crippen LogP contribution < -0.4 is 10.9 Å². The van der Waals surface area contributed by atoms with Crippen LogP contribution in [0.15, 0.2) is 59.8 Å². The van der Waals surface area contributed by atoms with Crippen LogP contribution >= 0.6 is 0 Å². The van der Waals surface area contributed by atoms with Gasteiger partial charge in [0.1, 0.15) is 0 Å². The van der Waals surface area contributed by atoms with Crippen molar-refractivity contribution in [2.75, 3.05) is 5.32 Å². The molecule has 0 bridgehead atoms. The molecule has 2 heterocycles. The van der Waals surface area contributed by atoms with Crippen molar-refractivity contribution >= 4 is 22.4 Å². The highest BCUT2D eigenvalue weighted by Gasteiger charge is 2.18.